The Bertz CT molecular complexity index is 1290. The third-order valence-corrected chi connectivity index (χ3v) is 8.33. The van der Waals surface area contributed by atoms with E-state index in [1.54, 1.807) is 6.20 Å². The molecule has 40 heavy (non-hydrogen) atoms. The molecule has 7 rings (SSSR count). The largest absolute Gasteiger partial charge is 0.477 e. The van der Waals surface area contributed by atoms with Crippen molar-refractivity contribution >= 4 is 5.91 Å². The minimum Gasteiger partial charge on any atom is -0.477 e. The minimum absolute atomic E-state index is 0. The number of aromatic amines is 1. The summed E-state index contributed by atoms with van der Waals surface area (Å²) in [4.78, 5) is 33.2. The van der Waals surface area contributed by atoms with E-state index in [4.69, 9.17) is 14.5 Å². The van der Waals surface area contributed by atoms with E-state index in [1.165, 1.54) is 11.1 Å². The quantitative estimate of drug-likeness (QED) is 0.527. The Labute approximate surface area is 235 Å². The lowest BCUT2D eigenvalue weighted by Gasteiger charge is -2.23. The first-order valence-electron chi connectivity index (χ1n) is 14.2. The second-order valence-corrected chi connectivity index (χ2v) is 11.4. The van der Waals surface area contributed by atoms with Crippen molar-refractivity contribution < 1.29 is 21.2 Å². The van der Waals surface area contributed by atoms with Gasteiger partial charge in [0.1, 0.15) is 0 Å². The number of hydrogen-bond acceptors (Lipinski definition) is 8. The van der Waals surface area contributed by atoms with Crippen molar-refractivity contribution in [1.82, 2.24) is 30.3 Å². The molecule has 1 saturated carbocycles. The number of ether oxygens (including phenoxy) is 2. The zero-order chi connectivity index (χ0) is 26.8. The van der Waals surface area contributed by atoms with Crippen LogP contribution in [-0.4, -0.2) is 96.0 Å². The molecule has 6 heterocycles. The maximum absolute atomic E-state index is 13.1. The molecule has 0 spiro atoms. The lowest BCUT2D eigenvalue weighted by molar-refractivity contribution is 0.0490. The predicted octanol–water partition coefficient (Wildman–Crippen LogP) is 1.30. The summed E-state index contributed by atoms with van der Waals surface area (Å²) in [6, 6.07) is 3.83. The van der Waals surface area contributed by atoms with Crippen LogP contribution in [0.1, 0.15) is 60.2 Å². The molecule has 1 amide bonds. The van der Waals surface area contributed by atoms with Gasteiger partial charge in [-0.05, 0) is 67.8 Å². The summed E-state index contributed by atoms with van der Waals surface area (Å²) in [5.41, 5.74) is 6.45. The number of nitrogens with one attached hydrogen (secondary N) is 2. The minimum atomic E-state index is -0.0272. The average Bonchev–Trinajstić information content (AvgIpc) is 3.59. The topological polar surface area (TPSA) is 144 Å². The smallest absolute Gasteiger partial charge is 0.267 e. The SMILES string of the molecule is CN1CCc2c(cn[nH]c2=O)C1.O.O=C(c1cc(OCC2CCOCC2)nc(C2CC2)c1)N1CC2=C(CNC2)C1.[HH]. The van der Waals surface area contributed by atoms with Gasteiger partial charge in [0.15, 0.2) is 0 Å². The molecule has 2 aromatic heterocycles. The van der Waals surface area contributed by atoms with Gasteiger partial charge in [-0.15, -0.1) is 0 Å². The third-order valence-electron chi connectivity index (χ3n) is 8.33. The lowest BCUT2D eigenvalue weighted by Crippen LogP contribution is -2.32. The van der Waals surface area contributed by atoms with Gasteiger partial charge in [0.05, 0.1) is 12.8 Å². The van der Waals surface area contributed by atoms with E-state index in [0.29, 0.717) is 24.3 Å². The van der Waals surface area contributed by atoms with Gasteiger partial charge in [-0.25, -0.2) is 10.1 Å². The highest BCUT2D eigenvalue weighted by Crippen LogP contribution is 2.40. The van der Waals surface area contributed by atoms with E-state index in [-0.39, 0.29) is 18.4 Å². The molecule has 0 bridgehead atoms. The zero-order valence-corrected chi connectivity index (χ0v) is 23.2. The Balaban J connectivity index is 0.000000234. The molecule has 4 aliphatic heterocycles. The van der Waals surface area contributed by atoms with Gasteiger partial charge >= 0.3 is 0 Å². The fourth-order valence-corrected chi connectivity index (χ4v) is 5.76. The van der Waals surface area contributed by atoms with Gasteiger partial charge in [-0.1, -0.05) is 0 Å². The molecule has 0 unspecified atom stereocenters. The second kappa shape index (κ2) is 12.6. The fourth-order valence-electron chi connectivity index (χ4n) is 5.76. The summed E-state index contributed by atoms with van der Waals surface area (Å²) in [6.07, 6.45) is 6.97. The molecule has 5 aliphatic rings. The molecule has 0 aromatic carbocycles. The molecule has 2 fully saturated rings. The van der Waals surface area contributed by atoms with Gasteiger partial charge < -0.3 is 30.1 Å². The first-order chi connectivity index (χ1) is 19.0. The molecular weight excluding hydrogens is 512 g/mol. The van der Waals surface area contributed by atoms with Crippen molar-refractivity contribution in [3.05, 3.63) is 62.2 Å². The van der Waals surface area contributed by atoms with E-state index >= 15 is 0 Å². The number of carbonyl (C=O) groups excluding carboxylic acids is 1. The molecule has 4 N–H and O–H groups in total. The Morgan fingerprint density at radius 2 is 1.88 bits per heavy atom. The summed E-state index contributed by atoms with van der Waals surface area (Å²) < 4.78 is 11.5. The molecule has 2 aromatic rings. The van der Waals surface area contributed by atoms with Gasteiger partial charge in [0.2, 0.25) is 5.88 Å². The maximum atomic E-state index is 13.1. The molecule has 0 radical (unpaired) electrons. The highest BCUT2D eigenvalue weighted by atomic mass is 16.5. The van der Waals surface area contributed by atoms with Crippen LogP contribution in [0.25, 0.3) is 0 Å². The lowest BCUT2D eigenvalue weighted by atomic mass is 10.0. The summed E-state index contributed by atoms with van der Waals surface area (Å²) in [7, 11) is 2.05. The fraction of sp³-hybridized carbons (Fsp3) is 0.586. The molecule has 0 atom stereocenters. The second-order valence-electron chi connectivity index (χ2n) is 11.4. The number of aromatic nitrogens is 3. The van der Waals surface area contributed by atoms with Crippen LogP contribution in [0.4, 0.5) is 0 Å². The van der Waals surface area contributed by atoms with Crippen LogP contribution in [0.15, 0.2) is 34.3 Å². The van der Waals surface area contributed by atoms with Crippen molar-refractivity contribution in [1.29, 1.82) is 0 Å². The highest BCUT2D eigenvalue weighted by molar-refractivity contribution is 5.95. The Kier molecular flexibility index (Phi) is 8.94. The van der Waals surface area contributed by atoms with Crippen LogP contribution in [0.3, 0.4) is 0 Å². The van der Waals surface area contributed by atoms with Crippen molar-refractivity contribution in [2.45, 2.75) is 44.6 Å². The van der Waals surface area contributed by atoms with Crippen molar-refractivity contribution in [2.24, 2.45) is 5.92 Å². The van der Waals surface area contributed by atoms with Crippen LogP contribution in [-0.2, 0) is 17.7 Å². The first-order valence-corrected chi connectivity index (χ1v) is 14.2. The number of amides is 1. The molecule has 1 saturated heterocycles. The summed E-state index contributed by atoms with van der Waals surface area (Å²) in [5.74, 6) is 1.72. The summed E-state index contributed by atoms with van der Waals surface area (Å²) >= 11 is 0. The van der Waals surface area contributed by atoms with Gasteiger partial charge in [0, 0.05) is 82.7 Å². The Morgan fingerprint density at radius 3 is 2.60 bits per heavy atom. The normalized spacial score (nSPS) is 20.8. The average molecular weight is 555 g/mol. The van der Waals surface area contributed by atoms with E-state index in [2.05, 4.69) is 20.4 Å². The number of fused-ring (bicyclic) bond motifs is 1. The number of rotatable bonds is 5. The standard InChI is InChI=1S/C21H27N3O3.C8H11N3O.H2O.H2/c25-21(24-11-17-9-22-10-18(17)12-24)16-7-19(15-1-2-15)23-20(8-16)27-13-14-3-5-26-6-4-14;1-11-3-2-7-6(5-11)4-9-10-8(7)12;;/h7-8,14-15,22H,1-6,9-13H2;4H,2-3,5H2,1H3,(H,10,12);1H2;1H. The summed E-state index contributed by atoms with van der Waals surface area (Å²) in [6.45, 7) is 7.42. The molecular formula is C29H42N6O5. The zero-order valence-electron chi connectivity index (χ0n) is 23.2. The van der Waals surface area contributed by atoms with Crippen molar-refractivity contribution in [3.8, 4) is 5.88 Å². The van der Waals surface area contributed by atoms with Crippen molar-refractivity contribution in [2.75, 3.05) is 59.6 Å². The van der Waals surface area contributed by atoms with Crippen LogP contribution in [0.5, 0.6) is 5.88 Å². The monoisotopic (exact) mass is 554 g/mol. The van der Waals surface area contributed by atoms with Gasteiger partial charge in [-0.2, -0.15) is 5.10 Å². The van der Waals surface area contributed by atoms with Crippen LogP contribution in [0.2, 0.25) is 0 Å². The van der Waals surface area contributed by atoms with Crippen LogP contribution < -0.4 is 15.6 Å². The van der Waals surface area contributed by atoms with Gasteiger partial charge in [-0.3, -0.25) is 9.59 Å². The number of nitrogens with zero attached hydrogens (tertiary/aromatic N) is 4. The number of likely N-dealkylation sites (N-methyl/N-ethyl adjacent to an activating group) is 1. The third kappa shape index (κ3) is 6.60. The number of carbonyl (C=O) groups is 1. The molecule has 218 valence electrons. The maximum Gasteiger partial charge on any atom is 0.267 e. The Hall–Kier alpha value is -3.12. The van der Waals surface area contributed by atoms with E-state index in [9.17, 15) is 9.59 Å². The molecule has 11 heteroatoms. The van der Waals surface area contributed by atoms with E-state index in [1.807, 2.05) is 24.1 Å². The Morgan fingerprint density at radius 1 is 1.12 bits per heavy atom. The molecule has 11 nitrogen and oxygen atoms in total. The highest BCUT2D eigenvalue weighted by Gasteiger charge is 2.31. The van der Waals surface area contributed by atoms with E-state index in [0.717, 1.165) is 107 Å². The number of hydrogen-bond donors (Lipinski definition) is 2. The van der Waals surface area contributed by atoms with Crippen LogP contribution in [0, 0.1) is 5.92 Å². The number of H-pyrrole nitrogens is 1. The van der Waals surface area contributed by atoms with Gasteiger partial charge in [0.25, 0.3) is 11.5 Å². The first kappa shape index (κ1) is 28.4. The van der Waals surface area contributed by atoms with E-state index < -0.39 is 0 Å². The molecule has 1 aliphatic carbocycles. The summed E-state index contributed by atoms with van der Waals surface area (Å²) in [5, 5.41) is 9.58. The predicted molar refractivity (Wildman–Crippen MR) is 152 cm³/mol. The van der Waals surface area contributed by atoms with Crippen LogP contribution >= 0.6 is 0 Å². The van der Waals surface area contributed by atoms with Crippen molar-refractivity contribution in [3.63, 3.8) is 0 Å². The number of pyridine rings is 1.